The van der Waals surface area contributed by atoms with E-state index < -0.39 is 6.04 Å². The first-order chi connectivity index (χ1) is 18.3. The van der Waals surface area contributed by atoms with Crippen LogP contribution in [0.5, 0.6) is 0 Å². The van der Waals surface area contributed by atoms with Gasteiger partial charge in [0.05, 0.1) is 11.7 Å². The minimum absolute atomic E-state index is 0.0478. The van der Waals surface area contributed by atoms with E-state index in [1.807, 2.05) is 32.9 Å². The number of nitrogens with zero attached hydrogens (tertiary/aromatic N) is 3. The first-order valence-electron chi connectivity index (χ1n) is 13.9. The number of aromatic nitrogens is 1. The van der Waals surface area contributed by atoms with Crippen LogP contribution < -0.4 is 5.32 Å². The third kappa shape index (κ3) is 7.42. The van der Waals surface area contributed by atoms with Crippen LogP contribution in [-0.4, -0.2) is 65.5 Å². The first-order valence-corrected chi connectivity index (χ1v) is 13.9. The number of halogens is 1. The van der Waals surface area contributed by atoms with Gasteiger partial charge in [-0.2, -0.15) is 0 Å². The van der Waals surface area contributed by atoms with Crippen LogP contribution >= 0.6 is 0 Å². The molecule has 0 unspecified atom stereocenters. The van der Waals surface area contributed by atoms with Crippen molar-refractivity contribution in [3.8, 4) is 0 Å². The standard InChI is InChI=1S/C31H45FN4O3/c1-20(2)30(38)36-22(4)18-35(25(14-16-39-8)28-27(32)21(3)13-15-33-28)19-26(36)29(37)34-17-23-9-11-24(12-10-23)31(5,6)7/h9-13,15,20,22,25-26H,14,16-19H2,1-8H3,(H,34,37)/t22-,25-,26-/m1/s1. The fraction of sp³-hybridized carbons (Fsp3) is 0.581. The smallest absolute Gasteiger partial charge is 0.244 e. The molecule has 2 aromatic rings. The molecule has 1 saturated heterocycles. The van der Waals surface area contributed by atoms with Gasteiger partial charge in [0.2, 0.25) is 11.8 Å². The van der Waals surface area contributed by atoms with Crippen molar-refractivity contribution < 1.29 is 18.7 Å². The first kappa shape index (κ1) is 30.7. The predicted molar refractivity (Wildman–Crippen MR) is 152 cm³/mol. The molecule has 0 aliphatic carbocycles. The van der Waals surface area contributed by atoms with Crippen LogP contribution in [0, 0.1) is 18.7 Å². The van der Waals surface area contributed by atoms with E-state index in [1.54, 1.807) is 31.2 Å². The van der Waals surface area contributed by atoms with Crippen molar-refractivity contribution >= 4 is 11.8 Å². The lowest BCUT2D eigenvalue weighted by Gasteiger charge is -2.47. The lowest BCUT2D eigenvalue weighted by atomic mass is 9.87. The summed E-state index contributed by atoms with van der Waals surface area (Å²) in [4.78, 5) is 35.1. The van der Waals surface area contributed by atoms with Gasteiger partial charge in [-0.25, -0.2) is 4.39 Å². The van der Waals surface area contributed by atoms with Crippen molar-refractivity contribution in [2.75, 3.05) is 26.8 Å². The quantitative estimate of drug-likeness (QED) is 0.496. The second-order valence-electron chi connectivity index (χ2n) is 12.0. The number of hydrogen-bond donors (Lipinski definition) is 1. The molecule has 1 aromatic carbocycles. The second kappa shape index (κ2) is 13.0. The number of pyridine rings is 1. The largest absolute Gasteiger partial charge is 0.385 e. The molecule has 1 aromatic heterocycles. The number of carbonyl (C=O) groups excluding carboxylic acids is 2. The van der Waals surface area contributed by atoms with Crippen LogP contribution in [0.15, 0.2) is 36.5 Å². The molecule has 1 N–H and O–H groups in total. The van der Waals surface area contributed by atoms with Gasteiger partial charge in [0.25, 0.3) is 0 Å². The van der Waals surface area contributed by atoms with Crippen LogP contribution in [0.3, 0.4) is 0 Å². The third-order valence-electron chi connectivity index (χ3n) is 7.52. The fourth-order valence-electron chi connectivity index (χ4n) is 5.20. The zero-order valence-corrected chi connectivity index (χ0v) is 24.8. The number of ether oxygens (including phenoxy) is 1. The molecule has 1 fully saturated rings. The normalized spacial score (nSPS) is 19.3. The highest BCUT2D eigenvalue weighted by atomic mass is 19.1. The fourth-order valence-corrected chi connectivity index (χ4v) is 5.20. The maximum atomic E-state index is 15.2. The van der Waals surface area contributed by atoms with Crippen LogP contribution in [0.2, 0.25) is 0 Å². The van der Waals surface area contributed by atoms with E-state index in [0.717, 1.165) is 5.56 Å². The van der Waals surface area contributed by atoms with E-state index in [1.165, 1.54) is 5.56 Å². The molecular weight excluding hydrogens is 495 g/mol. The summed E-state index contributed by atoms with van der Waals surface area (Å²) < 4.78 is 20.6. The average molecular weight is 541 g/mol. The molecule has 0 spiro atoms. The second-order valence-corrected chi connectivity index (χ2v) is 12.0. The molecule has 2 amide bonds. The van der Waals surface area contributed by atoms with Crippen molar-refractivity contribution in [3.63, 3.8) is 0 Å². The number of hydrogen-bond acceptors (Lipinski definition) is 5. The van der Waals surface area contributed by atoms with Crippen molar-refractivity contribution in [2.45, 2.75) is 85.0 Å². The molecular formula is C31H45FN4O3. The summed E-state index contributed by atoms with van der Waals surface area (Å²) >= 11 is 0. The van der Waals surface area contributed by atoms with Gasteiger partial charge in [-0.1, -0.05) is 58.9 Å². The summed E-state index contributed by atoms with van der Waals surface area (Å²) in [6.07, 6.45) is 2.13. The maximum Gasteiger partial charge on any atom is 0.244 e. The van der Waals surface area contributed by atoms with Crippen molar-refractivity contribution in [3.05, 3.63) is 64.7 Å². The molecule has 1 aliphatic heterocycles. The van der Waals surface area contributed by atoms with E-state index in [-0.39, 0.29) is 47.6 Å². The summed E-state index contributed by atoms with van der Waals surface area (Å²) in [5, 5.41) is 3.06. The highest BCUT2D eigenvalue weighted by Crippen LogP contribution is 2.31. The Morgan fingerprint density at radius 2 is 1.82 bits per heavy atom. The Hall–Kier alpha value is -2.84. The molecule has 8 heteroatoms. The number of carbonyl (C=O) groups is 2. The Morgan fingerprint density at radius 1 is 1.15 bits per heavy atom. The number of aryl methyl sites for hydroxylation is 1. The monoisotopic (exact) mass is 540 g/mol. The Morgan fingerprint density at radius 3 is 2.41 bits per heavy atom. The van der Waals surface area contributed by atoms with E-state index in [4.69, 9.17) is 4.74 Å². The molecule has 0 radical (unpaired) electrons. The lowest BCUT2D eigenvalue weighted by molar-refractivity contribution is -0.151. The molecule has 2 heterocycles. The zero-order valence-electron chi connectivity index (χ0n) is 24.8. The molecule has 3 atom stereocenters. The van der Waals surface area contributed by atoms with Crippen LogP contribution in [-0.2, 0) is 26.3 Å². The number of rotatable bonds is 9. The zero-order chi connectivity index (χ0) is 28.9. The van der Waals surface area contributed by atoms with Gasteiger partial charge in [-0.15, -0.1) is 0 Å². The van der Waals surface area contributed by atoms with Crippen molar-refractivity contribution in [1.29, 1.82) is 0 Å². The van der Waals surface area contributed by atoms with Gasteiger partial charge in [-0.3, -0.25) is 19.5 Å². The molecule has 214 valence electrons. The van der Waals surface area contributed by atoms with Gasteiger partial charge < -0.3 is 15.0 Å². The molecule has 0 saturated carbocycles. The van der Waals surface area contributed by atoms with Crippen molar-refractivity contribution in [2.24, 2.45) is 5.92 Å². The Bertz CT molecular complexity index is 1130. The van der Waals surface area contributed by atoms with Gasteiger partial charge >= 0.3 is 0 Å². The predicted octanol–water partition coefficient (Wildman–Crippen LogP) is 4.78. The van der Waals surface area contributed by atoms with E-state index >= 15 is 4.39 Å². The number of methoxy groups -OCH3 is 1. The number of amides is 2. The number of nitrogens with one attached hydrogen (secondary N) is 1. The average Bonchev–Trinajstić information content (AvgIpc) is 2.88. The minimum atomic E-state index is -0.713. The molecule has 7 nitrogen and oxygen atoms in total. The van der Waals surface area contributed by atoms with Gasteiger partial charge in [0.1, 0.15) is 11.9 Å². The molecule has 0 bridgehead atoms. The number of benzene rings is 1. The van der Waals surface area contributed by atoms with Gasteiger partial charge in [-0.05, 0) is 48.4 Å². The highest BCUT2D eigenvalue weighted by Gasteiger charge is 2.42. The third-order valence-corrected chi connectivity index (χ3v) is 7.52. The van der Waals surface area contributed by atoms with E-state index in [2.05, 4.69) is 48.1 Å². The molecule has 1 aliphatic rings. The highest BCUT2D eigenvalue weighted by molar-refractivity contribution is 5.89. The SMILES string of the molecule is COCC[C@H](c1nccc(C)c1F)N1C[C@@H](C)N(C(=O)C(C)C)[C@@H](C(=O)NCc2ccc(C(C)(C)C)cc2)C1. The summed E-state index contributed by atoms with van der Waals surface area (Å²) in [6.45, 7) is 15.4. The number of piperazine rings is 1. The topological polar surface area (TPSA) is 74.8 Å². The minimum Gasteiger partial charge on any atom is -0.385 e. The Balaban J connectivity index is 1.87. The van der Waals surface area contributed by atoms with Crippen LogP contribution in [0.1, 0.15) is 76.4 Å². The van der Waals surface area contributed by atoms with E-state index in [0.29, 0.717) is 37.4 Å². The van der Waals surface area contributed by atoms with Crippen LogP contribution in [0.25, 0.3) is 0 Å². The van der Waals surface area contributed by atoms with Gasteiger partial charge in [0.15, 0.2) is 0 Å². The van der Waals surface area contributed by atoms with Gasteiger partial charge in [0, 0.05) is 51.5 Å². The maximum absolute atomic E-state index is 15.2. The van der Waals surface area contributed by atoms with Crippen molar-refractivity contribution in [1.82, 2.24) is 20.1 Å². The molecule has 39 heavy (non-hydrogen) atoms. The summed E-state index contributed by atoms with van der Waals surface area (Å²) in [7, 11) is 1.61. The van der Waals surface area contributed by atoms with Crippen LogP contribution in [0.4, 0.5) is 4.39 Å². The summed E-state index contributed by atoms with van der Waals surface area (Å²) in [6, 6.07) is 8.54. The Kier molecular flexibility index (Phi) is 10.2. The molecule has 3 rings (SSSR count). The summed E-state index contributed by atoms with van der Waals surface area (Å²) in [5.74, 6) is -0.875. The Labute approximate surface area is 233 Å². The van der Waals surface area contributed by atoms with E-state index in [9.17, 15) is 9.59 Å². The lowest BCUT2D eigenvalue weighted by Crippen LogP contribution is -2.65. The summed E-state index contributed by atoms with van der Waals surface area (Å²) in [5.41, 5.74) is 3.13.